The van der Waals surface area contributed by atoms with Gasteiger partial charge in [0.25, 0.3) is 0 Å². The molecule has 3 nitrogen and oxygen atoms in total. The van der Waals surface area contributed by atoms with Gasteiger partial charge in [0, 0.05) is 31.6 Å². The van der Waals surface area contributed by atoms with Gasteiger partial charge >= 0.3 is 0 Å². The second-order valence-corrected chi connectivity index (χ2v) is 6.31. The average molecular weight is 288 g/mol. The number of carbonyl (C=O) groups excluding carboxylic acids is 1. The van der Waals surface area contributed by atoms with E-state index in [1.54, 1.807) is 18.5 Å². The van der Waals surface area contributed by atoms with Crippen LogP contribution in [-0.4, -0.2) is 28.9 Å². The van der Waals surface area contributed by atoms with Crippen molar-refractivity contribution in [3.05, 3.63) is 36.2 Å². The quantitative estimate of drug-likeness (QED) is 0.677. The van der Waals surface area contributed by atoms with Gasteiger partial charge in [-0.15, -0.1) is 0 Å². The van der Waals surface area contributed by atoms with Crippen LogP contribution < -0.4 is 0 Å². The molecular formula is C18H28N2O. The summed E-state index contributed by atoms with van der Waals surface area (Å²) < 4.78 is 0. The minimum Gasteiger partial charge on any atom is -0.339 e. The Balaban J connectivity index is 2.62. The molecule has 1 heterocycles. The lowest BCUT2D eigenvalue weighted by Crippen LogP contribution is -2.32. The Labute approximate surface area is 129 Å². The Kier molecular flexibility index (Phi) is 7.73. The predicted octanol–water partition coefficient (Wildman–Crippen LogP) is 4.02. The van der Waals surface area contributed by atoms with Gasteiger partial charge in [0.1, 0.15) is 0 Å². The zero-order valence-electron chi connectivity index (χ0n) is 13.7. The summed E-state index contributed by atoms with van der Waals surface area (Å²) in [7, 11) is 0. The summed E-state index contributed by atoms with van der Waals surface area (Å²) in [5.41, 5.74) is 0.957. The molecule has 0 unspecified atom stereocenters. The minimum atomic E-state index is 0.0974. The van der Waals surface area contributed by atoms with Gasteiger partial charge in [-0.2, -0.15) is 0 Å². The van der Waals surface area contributed by atoms with Crippen molar-refractivity contribution in [2.24, 2.45) is 11.8 Å². The van der Waals surface area contributed by atoms with E-state index in [1.165, 1.54) is 0 Å². The number of pyridine rings is 1. The Morgan fingerprint density at radius 1 is 1.19 bits per heavy atom. The first-order valence-electron chi connectivity index (χ1n) is 7.86. The van der Waals surface area contributed by atoms with E-state index in [2.05, 4.69) is 32.7 Å². The lowest BCUT2D eigenvalue weighted by molar-refractivity contribution is -0.126. The number of aromatic nitrogens is 1. The van der Waals surface area contributed by atoms with Crippen LogP contribution in [0.3, 0.4) is 0 Å². The highest BCUT2D eigenvalue weighted by atomic mass is 16.2. The molecule has 0 saturated heterocycles. The van der Waals surface area contributed by atoms with Crippen LogP contribution in [-0.2, 0) is 4.79 Å². The van der Waals surface area contributed by atoms with Gasteiger partial charge in [-0.05, 0) is 42.4 Å². The summed E-state index contributed by atoms with van der Waals surface area (Å²) >= 11 is 0. The topological polar surface area (TPSA) is 33.2 Å². The van der Waals surface area contributed by atoms with Crippen LogP contribution in [0.15, 0.2) is 30.6 Å². The lowest BCUT2D eigenvalue weighted by atomic mass is 10.1. The second kappa shape index (κ2) is 9.32. The molecular weight excluding hydrogens is 260 g/mol. The van der Waals surface area contributed by atoms with Gasteiger partial charge in [-0.3, -0.25) is 9.78 Å². The highest BCUT2D eigenvalue weighted by Crippen LogP contribution is 2.08. The van der Waals surface area contributed by atoms with Crippen molar-refractivity contribution in [2.75, 3.05) is 13.1 Å². The smallest absolute Gasteiger partial charge is 0.246 e. The summed E-state index contributed by atoms with van der Waals surface area (Å²) in [6, 6.07) is 3.82. The van der Waals surface area contributed by atoms with E-state index in [9.17, 15) is 4.79 Å². The van der Waals surface area contributed by atoms with E-state index in [1.807, 2.05) is 23.1 Å². The summed E-state index contributed by atoms with van der Waals surface area (Å²) in [5, 5.41) is 0. The summed E-state index contributed by atoms with van der Waals surface area (Å²) in [6.07, 6.45) is 9.09. The summed E-state index contributed by atoms with van der Waals surface area (Å²) in [4.78, 5) is 18.4. The Hall–Kier alpha value is -1.64. The number of rotatable bonds is 8. The average Bonchev–Trinajstić information content (AvgIpc) is 2.45. The number of hydrogen-bond acceptors (Lipinski definition) is 2. The van der Waals surface area contributed by atoms with Crippen LogP contribution in [0, 0.1) is 11.8 Å². The zero-order chi connectivity index (χ0) is 15.7. The Morgan fingerprint density at radius 2 is 1.81 bits per heavy atom. The molecule has 0 aliphatic carbocycles. The monoisotopic (exact) mass is 288 g/mol. The van der Waals surface area contributed by atoms with Crippen molar-refractivity contribution in [2.45, 2.75) is 40.5 Å². The zero-order valence-corrected chi connectivity index (χ0v) is 13.7. The third-order valence-electron chi connectivity index (χ3n) is 3.37. The molecule has 1 aromatic heterocycles. The SMILES string of the molecule is CC(C)CCN(CCC(C)C)C(=O)/C=C/c1cccnc1. The fraction of sp³-hybridized carbons (Fsp3) is 0.556. The maximum absolute atomic E-state index is 12.4. The first-order chi connectivity index (χ1) is 9.99. The maximum atomic E-state index is 12.4. The first kappa shape index (κ1) is 17.4. The van der Waals surface area contributed by atoms with Crippen molar-refractivity contribution in [1.82, 2.24) is 9.88 Å². The molecule has 0 aliphatic heterocycles. The molecule has 0 N–H and O–H groups in total. The molecule has 0 bridgehead atoms. The van der Waals surface area contributed by atoms with Crippen molar-refractivity contribution in [3.8, 4) is 0 Å². The van der Waals surface area contributed by atoms with Crippen LogP contribution in [0.25, 0.3) is 6.08 Å². The number of hydrogen-bond donors (Lipinski definition) is 0. The molecule has 1 aromatic rings. The van der Waals surface area contributed by atoms with Gasteiger partial charge in [0.05, 0.1) is 0 Å². The van der Waals surface area contributed by atoms with Crippen molar-refractivity contribution in [1.29, 1.82) is 0 Å². The third-order valence-corrected chi connectivity index (χ3v) is 3.37. The molecule has 1 amide bonds. The maximum Gasteiger partial charge on any atom is 0.246 e. The lowest BCUT2D eigenvalue weighted by Gasteiger charge is -2.23. The molecule has 0 aliphatic rings. The van der Waals surface area contributed by atoms with Crippen molar-refractivity contribution in [3.63, 3.8) is 0 Å². The number of carbonyl (C=O) groups is 1. The Morgan fingerprint density at radius 3 is 2.29 bits per heavy atom. The molecule has 1 rings (SSSR count). The normalized spacial score (nSPS) is 11.5. The molecule has 3 heteroatoms. The van der Waals surface area contributed by atoms with E-state index in [0.29, 0.717) is 11.8 Å². The van der Waals surface area contributed by atoms with Gasteiger partial charge < -0.3 is 4.90 Å². The highest BCUT2D eigenvalue weighted by molar-refractivity contribution is 5.91. The molecule has 0 spiro atoms. The molecule has 0 aromatic carbocycles. The van der Waals surface area contributed by atoms with Crippen LogP contribution >= 0.6 is 0 Å². The first-order valence-corrected chi connectivity index (χ1v) is 7.86. The second-order valence-electron chi connectivity index (χ2n) is 6.31. The van der Waals surface area contributed by atoms with Crippen LogP contribution in [0.1, 0.15) is 46.1 Å². The highest BCUT2D eigenvalue weighted by Gasteiger charge is 2.11. The standard InChI is InChI=1S/C18H28N2O/c1-15(2)9-12-20(13-10-16(3)4)18(21)8-7-17-6-5-11-19-14-17/h5-8,11,14-16H,9-10,12-13H2,1-4H3/b8-7+. The van der Waals surface area contributed by atoms with Crippen LogP contribution in [0.4, 0.5) is 0 Å². The van der Waals surface area contributed by atoms with Crippen molar-refractivity contribution < 1.29 is 4.79 Å². The van der Waals surface area contributed by atoms with Gasteiger partial charge in [-0.1, -0.05) is 33.8 Å². The molecule has 0 atom stereocenters. The molecule has 0 radical (unpaired) electrons. The van der Waals surface area contributed by atoms with E-state index < -0.39 is 0 Å². The minimum absolute atomic E-state index is 0.0974. The fourth-order valence-corrected chi connectivity index (χ4v) is 1.91. The van der Waals surface area contributed by atoms with Gasteiger partial charge in [0.15, 0.2) is 0 Å². The van der Waals surface area contributed by atoms with E-state index >= 15 is 0 Å². The van der Waals surface area contributed by atoms with E-state index in [0.717, 1.165) is 31.5 Å². The van der Waals surface area contributed by atoms with Crippen LogP contribution in [0.2, 0.25) is 0 Å². The van der Waals surface area contributed by atoms with E-state index in [-0.39, 0.29) is 5.91 Å². The fourth-order valence-electron chi connectivity index (χ4n) is 1.91. The molecule has 0 fully saturated rings. The summed E-state index contributed by atoms with van der Waals surface area (Å²) in [6.45, 7) is 10.4. The number of amides is 1. The molecule has 0 saturated carbocycles. The third kappa shape index (κ3) is 7.64. The molecule has 21 heavy (non-hydrogen) atoms. The Bertz CT molecular complexity index is 426. The number of nitrogens with zero attached hydrogens (tertiary/aromatic N) is 2. The summed E-state index contributed by atoms with van der Waals surface area (Å²) in [5.74, 6) is 1.32. The van der Waals surface area contributed by atoms with Crippen molar-refractivity contribution >= 4 is 12.0 Å². The van der Waals surface area contributed by atoms with Gasteiger partial charge in [0.2, 0.25) is 5.91 Å². The van der Waals surface area contributed by atoms with Crippen LogP contribution in [0.5, 0.6) is 0 Å². The van der Waals surface area contributed by atoms with E-state index in [4.69, 9.17) is 0 Å². The van der Waals surface area contributed by atoms with Gasteiger partial charge in [-0.25, -0.2) is 0 Å². The molecule has 116 valence electrons. The predicted molar refractivity (Wildman–Crippen MR) is 88.8 cm³/mol. The largest absolute Gasteiger partial charge is 0.339 e.